The average molecular weight is 295 g/mol. The van der Waals surface area contributed by atoms with Gasteiger partial charge >= 0.3 is 0 Å². The molecule has 0 saturated heterocycles. The molecule has 1 atom stereocenters. The van der Waals surface area contributed by atoms with Crippen LogP contribution in [0, 0.1) is 5.92 Å². The summed E-state index contributed by atoms with van der Waals surface area (Å²) in [5, 5.41) is 11.5. The van der Waals surface area contributed by atoms with Gasteiger partial charge in [-0.3, -0.25) is 0 Å². The first kappa shape index (κ1) is 14.8. The van der Waals surface area contributed by atoms with E-state index in [1.165, 1.54) is 0 Å². The number of ether oxygens (including phenoxy) is 1. The lowest BCUT2D eigenvalue weighted by molar-refractivity contribution is 0.121. The maximum absolute atomic E-state index is 11.5. The molecule has 0 bridgehead atoms. The SMILES string of the molecule is CC(C)[C@H]1COC(C(O)(c2ccccc2)c2ccccc2)=N1. The maximum atomic E-state index is 11.5. The molecule has 3 rings (SSSR count). The molecule has 114 valence electrons. The molecular weight excluding hydrogens is 274 g/mol. The highest BCUT2D eigenvalue weighted by Gasteiger charge is 2.42. The van der Waals surface area contributed by atoms with E-state index in [0.717, 1.165) is 11.1 Å². The minimum absolute atomic E-state index is 0.0916. The van der Waals surface area contributed by atoms with Gasteiger partial charge < -0.3 is 9.84 Å². The summed E-state index contributed by atoms with van der Waals surface area (Å²) in [6.45, 7) is 4.75. The van der Waals surface area contributed by atoms with Crippen molar-refractivity contribution in [2.24, 2.45) is 10.9 Å². The fourth-order valence-electron chi connectivity index (χ4n) is 2.70. The Labute approximate surface area is 131 Å². The number of aliphatic imine (C=N–C) groups is 1. The van der Waals surface area contributed by atoms with Gasteiger partial charge in [0.25, 0.3) is 0 Å². The van der Waals surface area contributed by atoms with Crippen LogP contribution in [0.25, 0.3) is 0 Å². The molecule has 0 aromatic heterocycles. The Balaban J connectivity index is 2.11. The summed E-state index contributed by atoms with van der Waals surface area (Å²) in [7, 11) is 0. The van der Waals surface area contributed by atoms with E-state index in [2.05, 4.69) is 18.8 Å². The van der Waals surface area contributed by atoms with Gasteiger partial charge in [0, 0.05) is 0 Å². The predicted molar refractivity (Wildman–Crippen MR) is 87.9 cm³/mol. The van der Waals surface area contributed by atoms with Crippen molar-refractivity contribution in [2.45, 2.75) is 25.5 Å². The van der Waals surface area contributed by atoms with E-state index in [4.69, 9.17) is 4.74 Å². The van der Waals surface area contributed by atoms with Crippen LogP contribution >= 0.6 is 0 Å². The Morgan fingerprint density at radius 2 is 1.50 bits per heavy atom. The van der Waals surface area contributed by atoms with Crippen molar-refractivity contribution in [3.63, 3.8) is 0 Å². The van der Waals surface area contributed by atoms with Gasteiger partial charge in [0.1, 0.15) is 6.61 Å². The Morgan fingerprint density at radius 1 is 1.00 bits per heavy atom. The molecular formula is C19H21NO2. The molecule has 3 heteroatoms. The third-order valence-electron chi connectivity index (χ3n) is 4.14. The number of aliphatic hydroxyl groups is 1. The van der Waals surface area contributed by atoms with Crippen molar-refractivity contribution >= 4 is 5.90 Å². The van der Waals surface area contributed by atoms with Crippen LogP contribution in [0.2, 0.25) is 0 Å². The molecule has 1 N–H and O–H groups in total. The third kappa shape index (κ3) is 2.53. The molecule has 3 nitrogen and oxygen atoms in total. The van der Waals surface area contributed by atoms with Crippen LogP contribution < -0.4 is 0 Å². The van der Waals surface area contributed by atoms with Crippen LogP contribution in [0.5, 0.6) is 0 Å². The van der Waals surface area contributed by atoms with Gasteiger partial charge in [0.15, 0.2) is 5.60 Å². The normalized spacial score (nSPS) is 18.2. The van der Waals surface area contributed by atoms with Crippen molar-refractivity contribution in [1.82, 2.24) is 0 Å². The Kier molecular flexibility index (Phi) is 3.99. The molecule has 0 radical (unpaired) electrons. The summed E-state index contributed by atoms with van der Waals surface area (Å²) < 4.78 is 5.80. The van der Waals surface area contributed by atoms with Crippen LogP contribution in [-0.4, -0.2) is 23.7 Å². The van der Waals surface area contributed by atoms with Gasteiger partial charge in [-0.25, -0.2) is 4.99 Å². The van der Waals surface area contributed by atoms with Crippen LogP contribution in [0.1, 0.15) is 25.0 Å². The first-order chi connectivity index (χ1) is 10.6. The summed E-state index contributed by atoms with van der Waals surface area (Å²) in [5.41, 5.74) is 0.195. The zero-order chi connectivity index (χ0) is 15.6. The second kappa shape index (κ2) is 5.93. The quantitative estimate of drug-likeness (QED) is 0.939. The van der Waals surface area contributed by atoms with Gasteiger partial charge in [-0.15, -0.1) is 0 Å². The van der Waals surface area contributed by atoms with Crippen LogP contribution in [-0.2, 0) is 10.3 Å². The molecule has 0 aliphatic carbocycles. The predicted octanol–water partition coefficient (Wildman–Crippen LogP) is 3.38. The first-order valence-electron chi connectivity index (χ1n) is 7.67. The topological polar surface area (TPSA) is 41.8 Å². The van der Waals surface area contributed by atoms with Gasteiger partial charge in [-0.2, -0.15) is 0 Å². The summed E-state index contributed by atoms with van der Waals surface area (Å²) in [6.07, 6.45) is 0. The van der Waals surface area contributed by atoms with E-state index >= 15 is 0 Å². The minimum Gasteiger partial charge on any atom is -0.476 e. The monoisotopic (exact) mass is 295 g/mol. The van der Waals surface area contributed by atoms with Gasteiger partial charge in [0.05, 0.1) is 6.04 Å². The number of benzene rings is 2. The summed E-state index contributed by atoms with van der Waals surface area (Å²) in [4.78, 5) is 4.66. The standard InChI is InChI=1S/C19H21NO2/c1-14(2)17-13-22-18(20-17)19(21,15-9-5-3-6-10-15)16-11-7-4-8-12-16/h3-12,14,17,21H,13H2,1-2H3/t17-/m1/s1. The fourth-order valence-corrected chi connectivity index (χ4v) is 2.70. The third-order valence-corrected chi connectivity index (χ3v) is 4.14. The minimum atomic E-state index is -1.34. The second-order valence-corrected chi connectivity index (χ2v) is 6.00. The van der Waals surface area contributed by atoms with E-state index in [-0.39, 0.29) is 6.04 Å². The molecule has 0 saturated carbocycles. The smallest absolute Gasteiger partial charge is 0.226 e. The molecule has 2 aromatic carbocycles. The molecule has 1 heterocycles. The fraction of sp³-hybridized carbons (Fsp3) is 0.316. The highest BCUT2D eigenvalue weighted by Crippen LogP contribution is 2.34. The first-order valence-corrected chi connectivity index (χ1v) is 7.67. The molecule has 1 aliphatic rings. The maximum Gasteiger partial charge on any atom is 0.226 e. The lowest BCUT2D eigenvalue weighted by Gasteiger charge is -2.28. The lowest BCUT2D eigenvalue weighted by atomic mass is 9.86. The van der Waals surface area contributed by atoms with E-state index in [9.17, 15) is 5.11 Å². The van der Waals surface area contributed by atoms with Crippen LogP contribution in [0.4, 0.5) is 0 Å². The molecule has 2 aromatic rings. The van der Waals surface area contributed by atoms with E-state index in [1.807, 2.05) is 60.7 Å². The van der Waals surface area contributed by atoms with Crippen molar-refractivity contribution in [2.75, 3.05) is 6.61 Å². The second-order valence-electron chi connectivity index (χ2n) is 6.00. The van der Waals surface area contributed by atoms with Gasteiger partial charge in [-0.1, -0.05) is 74.5 Å². The highest BCUT2D eigenvalue weighted by atomic mass is 16.5. The zero-order valence-electron chi connectivity index (χ0n) is 12.9. The molecule has 0 fully saturated rings. The van der Waals surface area contributed by atoms with Crippen LogP contribution in [0.15, 0.2) is 65.7 Å². The Hall–Kier alpha value is -2.13. The number of hydrogen-bond donors (Lipinski definition) is 1. The molecule has 22 heavy (non-hydrogen) atoms. The van der Waals surface area contributed by atoms with Crippen LogP contribution in [0.3, 0.4) is 0 Å². The zero-order valence-corrected chi connectivity index (χ0v) is 12.9. The highest BCUT2D eigenvalue weighted by molar-refractivity contribution is 5.91. The van der Waals surface area contributed by atoms with E-state index in [1.54, 1.807) is 0 Å². The van der Waals surface area contributed by atoms with Crippen molar-refractivity contribution in [3.8, 4) is 0 Å². The van der Waals surface area contributed by atoms with Crippen molar-refractivity contribution in [3.05, 3.63) is 71.8 Å². The lowest BCUT2D eigenvalue weighted by Crippen LogP contribution is -2.37. The van der Waals surface area contributed by atoms with Crippen molar-refractivity contribution in [1.29, 1.82) is 0 Å². The summed E-state index contributed by atoms with van der Waals surface area (Å²) >= 11 is 0. The molecule has 1 aliphatic heterocycles. The average Bonchev–Trinajstić information content (AvgIpc) is 3.06. The number of nitrogens with zero attached hydrogens (tertiary/aromatic N) is 1. The van der Waals surface area contributed by atoms with E-state index < -0.39 is 5.60 Å². The van der Waals surface area contributed by atoms with Gasteiger partial charge in [-0.05, 0) is 17.0 Å². The Morgan fingerprint density at radius 3 is 1.91 bits per heavy atom. The molecule has 0 amide bonds. The molecule has 0 unspecified atom stereocenters. The molecule has 0 spiro atoms. The van der Waals surface area contributed by atoms with Gasteiger partial charge in [0.2, 0.25) is 5.90 Å². The van der Waals surface area contributed by atoms with Crippen molar-refractivity contribution < 1.29 is 9.84 Å². The number of rotatable bonds is 4. The number of hydrogen-bond acceptors (Lipinski definition) is 3. The Bertz CT molecular complexity index is 610. The summed E-state index contributed by atoms with van der Waals surface area (Å²) in [5.74, 6) is 0.775. The summed E-state index contributed by atoms with van der Waals surface area (Å²) in [6, 6.07) is 19.2. The van der Waals surface area contributed by atoms with E-state index in [0.29, 0.717) is 18.4 Å². The largest absolute Gasteiger partial charge is 0.476 e.